The average molecular weight is 293 g/mol. The first-order chi connectivity index (χ1) is 10.1. The van der Waals surface area contributed by atoms with Crippen LogP contribution < -0.4 is 11.1 Å². The zero-order valence-corrected chi connectivity index (χ0v) is 12.6. The first-order valence-corrected chi connectivity index (χ1v) is 7.65. The van der Waals surface area contributed by atoms with Crippen molar-refractivity contribution in [3.05, 3.63) is 24.0 Å². The van der Waals surface area contributed by atoms with Crippen LogP contribution in [0.5, 0.6) is 0 Å². The minimum Gasteiger partial charge on any atom is -0.399 e. The molecule has 0 bridgehead atoms. The van der Waals surface area contributed by atoms with E-state index in [1.54, 1.807) is 0 Å². The van der Waals surface area contributed by atoms with Gasteiger partial charge >= 0.3 is 0 Å². The molecule has 1 aliphatic rings. The normalized spacial score (nSPS) is 19.4. The van der Waals surface area contributed by atoms with Crippen LogP contribution in [0.3, 0.4) is 0 Å². The minimum absolute atomic E-state index is 0.157. The number of amides is 1. The van der Waals surface area contributed by atoms with Crippen molar-refractivity contribution in [1.82, 2.24) is 4.90 Å². The van der Waals surface area contributed by atoms with Gasteiger partial charge in [-0.15, -0.1) is 0 Å². The lowest BCUT2D eigenvalue weighted by molar-refractivity contribution is -0.116. The van der Waals surface area contributed by atoms with Crippen molar-refractivity contribution in [2.24, 2.45) is 5.92 Å². The second kappa shape index (κ2) is 7.41. The fourth-order valence-corrected chi connectivity index (χ4v) is 2.80. The van der Waals surface area contributed by atoms with Gasteiger partial charge in [-0.05, 0) is 43.5 Å². The van der Waals surface area contributed by atoms with Crippen molar-refractivity contribution < 1.29 is 9.18 Å². The van der Waals surface area contributed by atoms with Gasteiger partial charge in [0.1, 0.15) is 5.82 Å². The Morgan fingerprint density at radius 1 is 1.52 bits per heavy atom. The maximum atomic E-state index is 13.5. The molecule has 0 aromatic heterocycles. The average Bonchev–Trinajstić information content (AvgIpc) is 2.49. The van der Waals surface area contributed by atoms with Crippen LogP contribution in [-0.4, -0.2) is 30.4 Å². The summed E-state index contributed by atoms with van der Waals surface area (Å²) < 4.78 is 13.5. The molecular formula is C16H24FN3O. The van der Waals surface area contributed by atoms with Crippen molar-refractivity contribution in [2.45, 2.75) is 32.6 Å². The van der Waals surface area contributed by atoms with Crippen molar-refractivity contribution in [1.29, 1.82) is 0 Å². The van der Waals surface area contributed by atoms with E-state index in [-0.39, 0.29) is 11.6 Å². The Hall–Kier alpha value is -1.62. The molecule has 0 aliphatic carbocycles. The van der Waals surface area contributed by atoms with Gasteiger partial charge in [0.2, 0.25) is 5.91 Å². The largest absolute Gasteiger partial charge is 0.399 e. The first kappa shape index (κ1) is 15.8. The van der Waals surface area contributed by atoms with Crippen LogP contribution in [-0.2, 0) is 4.79 Å². The summed E-state index contributed by atoms with van der Waals surface area (Å²) in [7, 11) is 0. The molecule has 1 saturated heterocycles. The van der Waals surface area contributed by atoms with E-state index < -0.39 is 5.82 Å². The van der Waals surface area contributed by atoms with E-state index in [9.17, 15) is 9.18 Å². The third-order valence-electron chi connectivity index (χ3n) is 4.10. The van der Waals surface area contributed by atoms with Crippen LogP contribution in [0.2, 0.25) is 0 Å². The zero-order valence-electron chi connectivity index (χ0n) is 12.6. The van der Waals surface area contributed by atoms with Gasteiger partial charge in [0.25, 0.3) is 0 Å². The minimum atomic E-state index is -0.457. The lowest BCUT2D eigenvalue weighted by Crippen LogP contribution is -2.37. The number of nitrogens with two attached hydrogens (primary N) is 1. The molecule has 4 nitrogen and oxygen atoms in total. The second-order valence-electron chi connectivity index (χ2n) is 5.75. The quantitative estimate of drug-likeness (QED) is 0.821. The monoisotopic (exact) mass is 293 g/mol. The Kier molecular flexibility index (Phi) is 5.56. The molecule has 21 heavy (non-hydrogen) atoms. The predicted octanol–water partition coefficient (Wildman–Crippen LogP) is 2.86. The summed E-state index contributed by atoms with van der Waals surface area (Å²) in [6.45, 7) is 5.06. The van der Waals surface area contributed by atoms with Crippen LogP contribution >= 0.6 is 0 Å². The van der Waals surface area contributed by atoms with Crippen LogP contribution in [0.4, 0.5) is 15.8 Å². The van der Waals surface area contributed by atoms with Crippen molar-refractivity contribution in [3.63, 3.8) is 0 Å². The Balaban J connectivity index is 1.80. The van der Waals surface area contributed by atoms with Gasteiger partial charge in [0, 0.05) is 25.2 Å². The van der Waals surface area contributed by atoms with E-state index in [1.165, 1.54) is 37.5 Å². The highest BCUT2D eigenvalue weighted by molar-refractivity contribution is 5.91. The highest BCUT2D eigenvalue weighted by Gasteiger charge is 2.19. The molecule has 1 atom stereocenters. The number of halogens is 1. The third-order valence-corrected chi connectivity index (χ3v) is 4.10. The Morgan fingerprint density at radius 2 is 2.33 bits per heavy atom. The lowest BCUT2D eigenvalue weighted by Gasteiger charge is -2.32. The van der Waals surface area contributed by atoms with Gasteiger partial charge in [-0.3, -0.25) is 4.79 Å². The Labute approximate surface area is 125 Å². The van der Waals surface area contributed by atoms with E-state index in [2.05, 4.69) is 17.1 Å². The number of piperidine rings is 1. The van der Waals surface area contributed by atoms with Crippen LogP contribution in [0, 0.1) is 11.7 Å². The maximum absolute atomic E-state index is 13.5. The molecule has 0 saturated carbocycles. The standard InChI is InChI=1S/C16H24FN3O/c1-2-12-4-3-8-20(11-12)9-7-16(21)19-15-10-13(18)5-6-14(15)17/h5-6,10,12H,2-4,7-9,11,18H2,1H3,(H,19,21). The SMILES string of the molecule is CCC1CCCN(CCC(=O)Nc2cc(N)ccc2F)C1. The topological polar surface area (TPSA) is 58.4 Å². The molecule has 1 heterocycles. The summed E-state index contributed by atoms with van der Waals surface area (Å²) in [5, 5.41) is 2.60. The molecule has 2 rings (SSSR count). The van der Waals surface area contributed by atoms with Crippen molar-refractivity contribution >= 4 is 17.3 Å². The molecule has 1 aromatic carbocycles. The maximum Gasteiger partial charge on any atom is 0.225 e. The van der Waals surface area contributed by atoms with E-state index in [4.69, 9.17) is 5.73 Å². The summed E-state index contributed by atoms with van der Waals surface area (Å²) >= 11 is 0. The van der Waals surface area contributed by atoms with E-state index in [1.807, 2.05) is 0 Å². The number of hydrogen-bond donors (Lipinski definition) is 2. The third kappa shape index (κ3) is 4.70. The number of carbonyl (C=O) groups is 1. The predicted molar refractivity (Wildman–Crippen MR) is 83.5 cm³/mol. The molecule has 1 unspecified atom stereocenters. The van der Waals surface area contributed by atoms with Gasteiger partial charge in [-0.1, -0.05) is 13.3 Å². The number of likely N-dealkylation sites (tertiary alicyclic amines) is 1. The molecule has 0 radical (unpaired) electrons. The number of rotatable bonds is 5. The number of nitrogens with zero attached hydrogens (tertiary/aromatic N) is 1. The molecule has 5 heteroatoms. The van der Waals surface area contributed by atoms with Gasteiger partial charge in [-0.2, -0.15) is 0 Å². The number of carbonyl (C=O) groups excluding carboxylic acids is 1. The number of benzene rings is 1. The number of hydrogen-bond acceptors (Lipinski definition) is 3. The summed E-state index contributed by atoms with van der Waals surface area (Å²) in [4.78, 5) is 14.3. The number of anilines is 2. The summed E-state index contributed by atoms with van der Waals surface area (Å²) in [6.07, 6.45) is 4.06. The number of nitrogens with one attached hydrogen (secondary N) is 1. The highest BCUT2D eigenvalue weighted by atomic mass is 19.1. The Morgan fingerprint density at radius 3 is 3.10 bits per heavy atom. The van der Waals surface area contributed by atoms with Gasteiger partial charge in [0.05, 0.1) is 5.69 Å². The second-order valence-corrected chi connectivity index (χ2v) is 5.75. The van der Waals surface area contributed by atoms with Gasteiger partial charge < -0.3 is 16.0 Å². The molecule has 1 fully saturated rings. The zero-order chi connectivity index (χ0) is 15.2. The van der Waals surface area contributed by atoms with Crippen LogP contribution in [0.15, 0.2) is 18.2 Å². The summed E-state index contributed by atoms with van der Waals surface area (Å²) in [5.74, 6) is 0.118. The smallest absolute Gasteiger partial charge is 0.225 e. The lowest BCUT2D eigenvalue weighted by atomic mass is 9.95. The Bertz CT molecular complexity index is 492. The molecule has 116 valence electrons. The van der Waals surface area contributed by atoms with Gasteiger partial charge in [-0.25, -0.2) is 4.39 Å². The highest BCUT2D eigenvalue weighted by Crippen LogP contribution is 2.20. The fourth-order valence-electron chi connectivity index (χ4n) is 2.80. The van der Waals surface area contributed by atoms with E-state index >= 15 is 0 Å². The summed E-state index contributed by atoms with van der Waals surface area (Å²) in [5.41, 5.74) is 6.19. The van der Waals surface area contributed by atoms with Crippen molar-refractivity contribution in [2.75, 3.05) is 30.7 Å². The fraction of sp³-hybridized carbons (Fsp3) is 0.562. The molecule has 1 amide bonds. The molecule has 1 aromatic rings. The van der Waals surface area contributed by atoms with Crippen molar-refractivity contribution in [3.8, 4) is 0 Å². The number of nitrogen functional groups attached to an aromatic ring is 1. The van der Waals surface area contributed by atoms with E-state index in [0.29, 0.717) is 12.1 Å². The van der Waals surface area contributed by atoms with Gasteiger partial charge in [0.15, 0.2) is 0 Å². The summed E-state index contributed by atoms with van der Waals surface area (Å²) in [6, 6.07) is 4.19. The molecular weight excluding hydrogens is 269 g/mol. The molecule has 3 N–H and O–H groups in total. The van der Waals surface area contributed by atoms with Crippen LogP contribution in [0.1, 0.15) is 32.6 Å². The first-order valence-electron chi connectivity index (χ1n) is 7.65. The van der Waals surface area contributed by atoms with Crippen LogP contribution in [0.25, 0.3) is 0 Å². The molecule has 1 aliphatic heterocycles. The van der Waals surface area contributed by atoms with E-state index in [0.717, 1.165) is 25.6 Å². The molecule has 0 spiro atoms.